The van der Waals surface area contributed by atoms with Crippen molar-refractivity contribution in [2.24, 2.45) is 5.73 Å². The van der Waals surface area contributed by atoms with Gasteiger partial charge in [-0.05, 0) is 0 Å². The number of nitrogen functional groups attached to an aromatic ring is 1. The summed E-state index contributed by atoms with van der Waals surface area (Å²) in [6, 6.07) is 0. The molecule has 1 aromatic heterocycles. The van der Waals surface area contributed by atoms with Crippen LogP contribution in [0.4, 0.5) is 0 Å². The van der Waals surface area contributed by atoms with Gasteiger partial charge < -0.3 is 30.4 Å². The zero-order chi connectivity index (χ0) is 12.6. The van der Waals surface area contributed by atoms with E-state index < -0.39 is 24.5 Å². The third-order valence-corrected chi connectivity index (χ3v) is 2.69. The van der Waals surface area contributed by atoms with Crippen LogP contribution in [0.3, 0.4) is 0 Å². The lowest BCUT2D eigenvalue weighted by molar-refractivity contribution is -0.0528. The Kier molecular flexibility index (Phi) is 3.11. The fourth-order valence-corrected chi connectivity index (χ4v) is 1.74. The first-order valence-electron chi connectivity index (χ1n) is 5.05. The molecule has 1 aliphatic rings. The van der Waals surface area contributed by atoms with Crippen molar-refractivity contribution < 1.29 is 20.1 Å². The molecule has 94 valence electrons. The number of aliphatic hydroxyl groups is 3. The van der Waals surface area contributed by atoms with Crippen LogP contribution in [0.1, 0.15) is 11.9 Å². The molecule has 0 unspecified atom stereocenters. The minimum absolute atomic E-state index is 0.199. The lowest BCUT2D eigenvalue weighted by Crippen LogP contribution is -2.33. The van der Waals surface area contributed by atoms with Crippen molar-refractivity contribution in [3.63, 3.8) is 0 Å². The van der Waals surface area contributed by atoms with Crippen molar-refractivity contribution in [3.8, 4) is 0 Å². The normalized spacial score (nSPS) is 32.9. The summed E-state index contributed by atoms with van der Waals surface area (Å²) in [5.74, 6) is -0.199. The maximum absolute atomic E-state index is 9.74. The van der Waals surface area contributed by atoms with E-state index in [-0.39, 0.29) is 18.1 Å². The molecule has 4 atom stereocenters. The highest BCUT2D eigenvalue weighted by atomic mass is 16.6. The zero-order valence-corrected chi connectivity index (χ0v) is 8.89. The van der Waals surface area contributed by atoms with Gasteiger partial charge in [0.2, 0.25) is 0 Å². The van der Waals surface area contributed by atoms with Crippen LogP contribution in [0.5, 0.6) is 0 Å². The summed E-state index contributed by atoms with van der Waals surface area (Å²) >= 11 is 0. The Hall–Kier alpha value is -1.48. The summed E-state index contributed by atoms with van der Waals surface area (Å²) in [5.41, 5.74) is 5.51. The van der Waals surface area contributed by atoms with Gasteiger partial charge in [0.25, 0.3) is 0 Å². The van der Waals surface area contributed by atoms with Gasteiger partial charge in [0, 0.05) is 6.20 Å². The van der Waals surface area contributed by atoms with Gasteiger partial charge in [-0.15, -0.1) is 0 Å². The van der Waals surface area contributed by atoms with Crippen LogP contribution in [-0.4, -0.2) is 55.6 Å². The van der Waals surface area contributed by atoms with E-state index in [0.717, 1.165) is 0 Å². The van der Waals surface area contributed by atoms with Crippen molar-refractivity contribution in [2.75, 3.05) is 6.61 Å². The summed E-state index contributed by atoms with van der Waals surface area (Å²) in [4.78, 5) is 3.85. The van der Waals surface area contributed by atoms with Crippen LogP contribution in [0, 0.1) is 5.41 Å². The van der Waals surface area contributed by atoms with Crippen molar-refractivity contribution in [3.05, 3.63) is 18.2 Å². The summed E-state index contributed by atoms with van der Waals surface area (Å²) in [6.07, 6.45) is -1.23. The Bertz CT molecular complexity index is 421. The van der Waals surface area contributed by atoms with Gasteiger partial charge >= 0.3 is 0 Å². The van der Waals surface area contributed by atoms with Gasteiger partial charge in [0.15, 0.2) is 6.23 Å². The number of hydrogen-bond donors (Lipinski definition) is 5. The third kappa shape index (κ3) is 2.03. The Morgan fingerprint density at radius 3 is 2.71 bits per heavy atom. The number of imidazole rings is 1. The number of amidine groups is 1. The minimum atomic E-state index is -1.17. The molecule has 0 aromatic carbocycles. The first-order chi connectivity index (χ1) is 8.04. The van der Waals surface area contributed by atoms with Crippen LogP contribution in [-0.2, 0) is 4.74 Å². The molecule has 17 heavy (non-hydrogen) atoms. The number of aromatic nitrogens is 2. The summed E-state index contributed by atoms with van der Waals surface area (Å²) in [7, 11) is 0. The van der Waals surface area contributed by atoms with Gasteiger partial charge in [0.05, 0.1) is 12.9 Å². The molecule has 1 saturated heterocycles. The number of ether oxygens (including phenoxy) is 1. The van der Waals surface area contributed by atoms with E-state index in [0.29, 0.717) is 0 Å². The molecular formula is C9H14N4O4. The zero-order valence-electron chi connectivity index (χ0n) is 8.89. The first-order valence-corrected chi connectivity index (χ1v) is 5.05. The van der Waals surface area contributed by atoms with Gasteiger partial charge in [-0.2, -0.15) is 0 Å². The van der Waals surface area contributed by atoms with Gasteiger partial charge in [-0.3, -0.25) is 5.41 Å². The van der Waals surface area contributed by atoms with E-state index in [9.17, 15) is 10.2 Å². The maximum Gasteiger partial charge on any atom is 0.164 e. The highest BCUT2D eigenvalue weighted by Crippen LogP contribution is 2.29. The number of hydrogen-bond acceptors (Lipinski definition) is 6. The molecule has 0 aliphatic carbocycles. The SMILES string of the molecule is N=C(N)c1cn([C@@H]2O[C@H](CO)[C@@H](O)[C@H]2O)cn1. The van der Waals surface area contributed by atoms with Crippen molar-refractivity contribution in [1.82, 2.24) is 9.55 Å². The smallest absolute Gasteiger partial charge is 0.164 e. The molecule has 6 N–H and O–H groups in total. The molecule has 2 rings (SSSR count). The predicted octanol–water partition coefficient (Wildman–Crippen LogP) is -2.22. The molecular weight excluding hydrogens is 228 g/mol. The van der Waals surface area contributed by atoms with E-state index >= 15 is 0 Å². The number of nitrogens with two attached hydrogens (primary N) is 1. The third-order valence-electron chi connectivity index (χ3n) is 2.69. The molecule has 8 nitrogen and oxygen atoms in total. The van der Waals surface area contributed by atoms with Crippen molar-refractivity contribution in [2.45, 2.75) is 24.5 Å². The summed E-state index contributed by atoms with van der Waals surface area (Å²) in [5, 5.41) is 35.4. The van der Waals surface area contributed by atoms with Gasteiger partial charge in [-0.1, -0.05) is 0 Å². The fourth-order valence-electron chi connectivity index (χ4n) is 1.74. The number of rotatable bonds is 3. The number of aliphatic hydroxyl groups excluding tert-OH is 3. The second-order valence-electron chi connectivity index (χ2n) is 3.85. The Morgan fingerprint density at radius 1 is 1.53 bits per heavy atom. The molecule has 1 aliphatic heterocycles. The van der Waals surface area contributed by atoms with E-state index in [1.807, 2.05) is 0 Å². The van der Waals surface area contributed by atoms with E-state index in [1.165, 1.54) is 17.1 Å². The first kappa shape index (κ1) is 12.0. The molecule has 0 bridgehead atoms. The minimum Gasteiger partial charge on any atom is -0.394 e. The highest BCUT2D eigenvalue weighted by molar-refractivity contribution is 5.92. The molecule has 0 spiro atoms. The van der Waals surface area contributed by atoms with Crippen LogP contribution in [0.15, 0.2) is 12.5 Å². The quantitative estimate of drug-likeness (QED) is 0.300. The molecule has 0 radical (unpaired) electrons. The highest BCUT2D eigenvalue weighted by Gasteiger charge is 2.43. The van der Waals surface area contributed by atoms with Gasteiger partial charge in [0.1, 0.15) is 29.8 Å². The molecule has 1 aromatic rings. The monoisotopic (exact) mass is 242 g/mol. The lowest BCUT2D eigenvalue weighted by atomic mass is 10.1. The molecule has 0 saturated carbocycles. The topological polar surface area (TPSA) is 138 Å². The van der Waals surface area contributed by atoms with Gasteiger partial charge in [-0.25, -0.2) is 4.98 Å². The van der Waals surface area contributed by atoms with Crippen LogP contribution < -0.4 is 5.73 Å². The van der Waals surface area contributed by atoms with Crippen LogP contribution in [0.25, 0.3) is 0 Å². The van der Waals surface area contributed by atoms with Crippen molar-refractivity contribution >= 4 is 5.84 Å². The predicted molar refractivity (Wildman–Crippen MR) is 56.3 cm³/mol. The van der Waals surface area contributed by atoms with Crippen LogP contribution in [0.2, 0.25) is 0 Å². The van der Waals surface area contributed by atoms with Crippen LogP contribution >= 0.6 is 0 Å². The van der Waals surface area contributed by atoms with Crippen molar-refractivity contribution in [1.29, 1.82) is 5.41 Å². The maximum atomic E-state index is 9.74. The van der Waals surface area contributed by atoms with E-state index in [1.54, 1.807) is 0 Å². The summed E-state index contributed by atoms with van der Waals surface area (Å²) < 4.78 is 6.68. The average Bonchev–Trinajstić information content (AvgIpc) is 2.87. The lowest BCUT2D eigenvalue weighted by Gasteiger charge is -2.15. The molecule has 2 heterocycles. The second-order valence-corrected chi connectivity index (χ2v) is 3.85. The Balaban J connectivity index is 2.19. The number of nitrogens with one attached hydrogen (secondary N) is 1. The van der Waals surface area contributed by atoms with E-state index in [4.69, 9.17) is 21.0 Å². The Morgan fingerprint density at radius 2 is 2.24 bits per heavy atom. The molecule has 8 heteroatoms. The number of nitrogens with zero attached hydrogens (tertiary/aromatic N) is 2. The Labute approximate surface area is 96.8 Å². The standard InChI is InChI=1S/C9H14N4O4/c10-8(11)4-1-13(3-12-4)9-7(16)6(15)5(2-14)17-9/h1,3,5-7,9,14-16H,2H2,(H3,10,11)/t5-,6-,7-,9-/m1/s1. The largest absolute Gasteiger partial charge is 0.394 e. The fraction of sp³-hybridized carbons (Fsp3) is 0.556. The average molecular weight is 242 g/mol. The molecule has 0 amide bonds. The summed E-state index contributed by atoms with van der Waals surface area (Å²) in [6.45, 7) is -0.386. The van der Waals surface area contributed by atoms with E-state index in [2.05, 4.69) is 4.98 Å². The molecule has 1 fully saturated rings. The second kappa shape index (κ2) is 4.41.